The van der Waals surface area contributed by atoms with E-state index in [1.54, 1.807) is 9.80 Å². The topological polar surface area (TPSA) is 49.9 Å². The highest BCUT2D eigenvalue weighted by molar-refractivity contribution is 5.82. The second kappa shape index (κ2) is 4.44. The van der Waals surface area contributed by atoms with Crippen molar-refractivity contribution in [3.63, 3.8) is 0 Å². The number of ether oxygens (including phenoxy) is 1. The largest absolute Gasteiger partial charge is 0.444 e. The summed E-state index contributed by atoms with van der Waals surface area (Å²) in [5.74, 6) is 0.533. The predicted octanol–water partition coefficient (Wildman–Crippen LogP) is 1.33. The summed E-state index contributed by atoms with van der Waals surface area (Å²) >= 11 is 0. The molecule has 102 valence electrons. The van der Waals surface area contributed by atoms with Gasteiger partial charge in [-0.1, -0.05) is 0 Å². The van der Waals surface area contributed by atoms with Crippen molar-refractivity contribution < 1.29 is 14.3 Å². The standard InChI is InChI=1S/C13H22N2O3/c1-13(2,3)18-12(17)15-6-5-9-7-14(4)11(16)10(9)8-15/h9-10H,5-8H2,1-4H3/t9-,10-/m0/s1. The molecule has 2 fully saturated rings. The minimum atomic E-state index is -0.482. The lowest BCUT2D eigenvalue weighted by molar-refractivity contribution is -0.131. The number of likely N-dealkylation sites (tertiary alicyclic amines) is 2. The summed E-state index contributed by atoms with van der Waals surface area (Å²) in [5, 5.41) is 0. The second-order valence-corrected chi connectivity index (χ2v) is 6.30. The molecule has 0 aliphatic carbocycles. The van der Waals surface area contributed by atoms with Crippen LogP contribution in [0.25, 0.3) is 0 Å². The summed E-state index contributed by atoms with van der Waals surface area (Å²) in [7, 11) is 1.83. The minimum absolute atomic E-state index is 0.0312. The molecule has 0 spiro atoms. The fourth-order valence-corrected chi connectivity index (χ4v) is 2.72. The molecule has 0 aromatic heterocycles. The van der Waals surface area contributed by atoms with Crippen LogP contribution in [0.4, 0.5) is 4.79 Å². The van der Waals surface area contributed by atoms with Gasteiger partial charge < -0.3 is 14.5 Å². The van der Waals surface area contributed by atoms with Gasteiger partial charge in [0, 0.05) is 26.7 Å². The van der Waals surface area contributed by atoms with Crippen LogP contribution in [0.2, 0.25) is 0 Å². The number of rotatable bonds is 0. The van der Waals surface area contributed by atoms with E-state index < -0.39 is 5.60 Å². The Balaban J connectivity index is 1.98. The van der Waals surface area contributed by atoms with Crippen molar-refractivity contribution in [1.29, 1.82) is 0 Å². The maximum atomic E-state index is 12.0. The first-order valence-electron chi connectivity index (χ1n) is 6.51. The van der Waals surface area contributed by atoms with Gasteiger partial charge >= 0.3 is 6.09 Å². The van der Waals surface area contributed by atoms with Gasteiger partial charge in [0.2, 0.25) is 5.91 Å². The van der Waals surface area contributed by atoms with E-state index in [2.05, 4.69) is 0 Å². The highest BCUT2D eigenvalue weighted by Crippen LogP contribution is 2.31. The third-order valence-corrected chi connectivity index (χ3v) is 3.61. The molecule has 0 saturated carbocycles. The van der Waals surface area contributed by atoms with Crippen molar-refractivity contribution in [2.75, 3.05) is 26.7 Å². The summed E-state index contributed by atoms with van der Waals surface area (Å²) in [5.41, 5.74) is -0.482. The lowest BCUT2D eigenvalue weighted by Crippen LogP contribution is -2.46. The van der Waals surface area contributed by atoms with Crippen molar-refractivity contribution in [2.24, 2.45) is 11.8 Å². The van der Waals surface area contributed by atoms with Gasteiger partial charge in [-0.25, -0.2) is 4.79 Å². The summed E-state index contributed by atoms with van der Waals surface area (Å²) in [4.78, 5) is 27.4. The van der Waals surface area contributed by atoms with E-state index in [4.69, 9.17) is 4.74 Å². The van der Waals surface area contributed by atoms with Crippen LogP contribution in [0.3, 0.4) is 0 Å². The number of fused-ring (bicyclic) bond motifs is 1. The highest BCUT2D eigenvalue weighted by atomic mass is 16.6. The molecule has 5 heteroatoms. The van der Waals surface area contributed by atoms with Crippen LogP contribution >= 0.6 is 0 Å². The summed E-state index contributed by atoms with van der Waals surface area (Å²) in [6.07, 6.45) is 0.586. The molecule has 2 saturated heterocycles. The van der Waals surface area contributed by atoms with Gasteiger partial charge in [-0.05, 0) is 33.1 Å². The van der Waals surface area contributed by atoms with Gasteiger partial charge in [0.1, 0.15) is 5.60 Å². The SMILES string of the molecule is CN1C[C@@H]2CCN(C(=O)OC(C)(C)C)C[C@@H]2C1=O. The molecular weight excluding hydrogens is 232 g/mol. The van der Waals surface area contributed by atoms with E-state index in [1.165, 1.54) is 0 Å². The molecular formula is C13H22N2O3. The average Bonchev–Trinajstić information content (AvgIpc) is 2.52. The Kier molecular flexibility index (Phi) is 3.25. The van der Waals surface area contributed by atoms with Gasteiger partial charge in [-0.3, -0.25) is 4.79 Å². The smallest absolute Gasteiger partial charge is 0.410 e. The maximum absolute atomic E-state index is 12.0. The third-order valence-electron chi connectivity index (χ3n) is 3.61. The molecule has 2 aliphatic rings. The first-order chi connectivity index (χ1) is 8.28. The van der Waals surface area contributed by atoms with E-state index in [0.29, 0.717) is 19.0 Å². The van der Waals surface area contributed by atoms with E-state index in [0.717, 1.165) is 13.0 Å². The highest BCUT2D eigenvalue weighted by Gasteiger charge is 2.43. The lowest BCUT2D eigenvalue weighted by Gasteiger charge is -2.34. The molecule has 0 aromatic carbocycles. The second-order valence-electron chi connectivity index (χ2n) is 6.30. The molecule has 2 aliphatic heterocycles. The van der Waals surface area contributed by atoms with E-state index in [1.807, 2.05) is 27.8 Å². The molecule has 0 N–H and O–H groups in total. The first-order valence-corrected chi connectivity index (χ1v) is 6.51. The van der Waals surface area contributed by atoms with Crippen LogP contribution < -0.4 is 0 Å². The van der Waals surface area contributed by atoms with Crippen molar-refractivity contribution >= 4 is 12.0 Å². The van der Waals surface area contributed by atoms with Gasteiger partial charge in [-0.2, -0.15) is 0 Å². The normalized spacial score (nSPS) is 28.3. The molecule has 0 unspecified atom stereocenters. The van der Waals surface area contributed by atoms with Crippen molar-refractivity contribution in [3.8, 4) is 0 Å². The zero-order chi connectivity index (χ0) is 13.5. The Labute approximate surface area is 108 Å². The number of nitrogens with zero attached hydrogens (tertiary/aromatic N) is 2. The molecule has 2 heterocycles. The Hall–Kier alpha value is -1.26. The Morgan fingerprint density at radius 3 is 2.61 bits per heavy atom. The van der Waals surface area contributed by atoms with Gasteiger partial charge in [-0.15, -0.1) is 0 Å². The molecule has 2 amide bonds. The van der Waals surface area contributed by atoms with Crippen molar-refractivity contribution in [3.05, 3.63) is 0 Å². The fourth-order valence-electron chi connectivity index (χ4n) is 2.72. The molecule has 18 heavy (non-hydrogen) atoms. The van der Waals surface area contributed by atoms with Gasteiger partial charge in [0.25, 0.3) is 0 Å². The number of hydrogen-bond donors (Lipinski definition) is 0. The van der Waals surface area contributed by atoms with Crippen LogP contribution in [0, 0.1) is 11.8 Å². The monoisotopic (exact) mass is 254 g/mol. The Morgan fingerprint density at radius 1 is 1.33 bits per heavy atom. The van der Waals surface area contributed by atoms with Gasteiger partial charge in [0.15, 0.2) is 0 Å². The Bertz CT molecular complexity index is 362. The quantitative estimate of drug-likeness (QED) is 0.655. The van der Waals surface area contributed by atoms with Crippen LogP contribution in [-0.4, -0.2) is 54.1 Å². The molecule has 2 atom stereocenters. The van der Waals surface area contributed by atoms with E-state index in [9.17, 15) is 9.59 Å². The number of hydrogen-bond acceptors (Lipinski definition) is 3. The number of amides is 2. The molecule has 0 bridgehead atoms. The Morgan fingerprint density at radius 2 is 2.00 bits per heavy atom. The van der Waals surface area contributed by atoms with Crippen LogP contribution in [0.15, 0.2) is 0 Å². The predicted molar refractivity (Wildman–Crippen MR) is 67.0 cm³/mol. The van der Waals surface area contributed by atoms with Crippen LogP contribution in [0.1, 0.15) is 27.2 Å². The van der Waals surface area contributed by atoms with Crippen molar-refractivity contribution in [2.45, 2.75) is 32.8 Å². The number of piperidine rings is 1. The van der Waals surface area contributed by atoms with E-state index in [-0.39, 0.29) is 17.9 Å². The molecule has 0 radical (unpaired) electrons. The molecule has 5 nitrogen and oxygen atoms in total. The lowest BCUT2D eigenvalue weighted by atomic mass is 9.88. The average molecular weight is 254 g/mol. The fraction of sp³-hybridized carbons (Fsp3) is 0.846. The summed E-state index contributed by atoms with van der Waals surface area (Å²) < 4.78 is 5.35. The maximum Gasteiger partial charge on any atom is 0.410 e. The zero-order valence-electron chi connectivity index (χ0n) is 11.6. The van der Waals surface area contributed by atoms with E-state index >= 15 is 0 Å². The molecule has 0 aromatic rings. The summed E-state index contributed by atoms with van der Waals surface area (Å²) in [6.45, 7) is 7.58. The van der Waals surface area contributed by atoms with Crippen molar-refractivity contribution in [1.82, 2.24) is 9.80 Å². The molecule has 2 rings (SSSR count). The third kappa shape index (κ3) is 2.60. The number of carbonyl (C=O) groups is 2. The van der Waals surface area contributed by atoms with Gasteiger partial charge in [0.05, 0.1) is 5.92 Å². The summed E-state index contributed by atoms with van der Waals surface area (Å²) in [6, 6.07) is 0. The number of carbonyl (C=O) groups excluding carboxylic acids is 2. The zero-order valence-corrected chi connectivity index (χ0v) is 11.6. The van der Waals surface area contributed by atoms with Crippen LogP contribution in [-0.2, 0) is 9.53 Å². The minimum Gasteiger partial charge on any atom is -0.444 e. The first kappa shape index (κ1) is 13.2. The van der Waals surface area contributed by atoms with Crippen LogP contribution in [0.5, 0.6) is 0 Å².